The average molecular weight is 523 g/mol. The monoisotopic (exact) mass is 522 g/mol. The topological polar surface area (TPSA) is 85.4 Å². The highest BCUT2D eigenvalue weighted by molar-refractivity contribution is 7.89. The minimum Gasteiger partial charge on any atom is -0.465 e. The van der Waals surface area contributed by atoms with Gasteiger partial charge in [-0.25, -0.2) is 13.1 Å². The number of halogens is 1. The van der Waals surface area contributed by atoms with Gasteiger partial charge in [0.1, 0.15) is 0 Å². The summed E-state index contributed by atoms with van der Waals surface area (Å²) in [5, 5.41) is 0.501. The number of nitrogens with zero attached hydrogens (tertiary/aromatic N) is 1. The van der Waals surface area contributed by atoms with Gasteiger partial charge in [0.2, 0.25) is 10.0 Å². The first-order chi connectivity index (χ1) is 16.5. The highest BCUT2D eigenvalue weighted by Crippen LogP contribution is 2.23. The van der Waals surface area contributed by atoms with Crippen molar-refractivity contribution in [3.05, 3.63) is 59.4 Å². The number of unbranched alkanes of at least 4 members (excludes halogenated alkanes) is 1. The maximum atomic E-state index is 12.4. The molecule has 0 saturated carbocycles. The third-order valence-electron chi connectivity index (χ3n) is 5.68. The van der Waals surface area contributed by atoms with Crippen LogP contribution >= 0.6 is 11.6 Å². The highest BCUT2D eigenvalue weighted by atomic mass is 35.5. The Labute approximate surface area is 215 Å². The lowest BCUT2D eigenvalue weighted by Crippen LogP contribution is -2.24. The van der Waals surface area contributed by atoms with Crippen LogP contribution in [-0.4, -0.2) is 32.5 Å². The summed E-state index contributed by atoms with van der Waals surface area (Å²) in [6.45, 7) is 6.93. The number of pyridine rings is 1. The summed E-state index contributed by atoms with van der Waals surface area (Å²) in [6, 6.07) is 10.2. The van der Waals surface area contributed by atoms with Crippen LogP contribution in [0.3, 0.4) is 0 Å². The molecule has 0 saturated heterocycles. The third-order valence-corrected chi connectivity index (χ3v) is 7.41. The highest BCUT2D eigenvalue weighted by Gasteiger charge is 2.17. The number of hydrogen-bond donors (Lipinski definition) is 1. The predicted molar refractivity (Wildman–Crippen MR) is 141 cm³/mol. The van der Waals surface area contributed by atoms with E-state index < -0.39 is 10.0 Å². The largest absolute Gasteiger partial charge is 0.465 e. The summed E-state index contributed by atoms with van der Waals surface area (Å²) in [6.07, 6.45) is 10.4. The van der Waals surface area contributed by atoms with Gasteiger partial charge in [-0.05, 0) is 72.9 Å². The third kappa shape index (κ3) is 12.5. The second kappa shape index (κ2) is 14.6. The van der Waals surface area contributed by atoms with Gasteiger partial charge in [-0.2, -0.15) is 0 Å². The van der Waals surface area contributed by atoms with Crippen LogP contribution in [0, 0.1) is 11.3 Å². The van der Waals surface area contributed by atoms with Gasteiger partial charge in [0, 0.05) is 30.4 Å². The zero-order chi connectivity index (χ0) is 25.7. The van der Waals surface area contributed by atoms with Crippen molar-refractivity contribution in [3.8, 4) is 0 Å². The van der Waals surface area contributed by atoms with Gasteiger partial charge < -0.3 is 4.74 Å². The second-order valence-corrected chi connectivity index (χ2v) is 12.4. The Hall–Kier alpha value is -1.96. The molecule has 0 bridgehead atoms. The summed E-state index contributed by atoms with van der Waals surface area (Å²) in [5.41, 5.74) is 1.17. The SMILES string of the molecule is CC(C)(C)COC(=O)CCC(CCCCNS(=O)(=O)c1ccc(Cl)cc1)CCCc1cccnc1. The molecule has 2 rings (SSSR count). The molecule has 0 aliphatic rings. The fourth-order valence-corrected chi connectivity index (χ4v) is 4.93. The maximum Gasteiger partial charge on any atom is 0.305 e. The van der Waals surface area contributed by atoms with Crippen molar-refractivity contribution in [2.45, 2.75) is 77.0 Å². The van der Waals surface area contributed by atoms with Crippen LogP contribution in [0.2, 0.25) is 5.02 Å². The molecule has 8 heteroatoms. The molecule has 1 unspecified atom stereocenters. The molecule has 1 atom stereocenters. The lowest BCUT2D eigenvalue weighted by molar-refractivity contribution is -0.146. The minimum absolute atomic E-state index is 0.0435. The zero-order valence-corrected chi connectivity index (χ0v) is 22.7. The fourth-order valence-electron chi connectivity index (χ4n) is 3.73. The van der Waals surface area contributed by atoms with Gasteiger partial charge in [-0.15, -0.1) is 0 Å². The molecular formula is C27H39ClN2O4S. The molecule has 2 aromatic rings. The molecular weight excluding hydrogens is 484 g/mol. The molecule has 194 valence electrons. The molecule has 0 spiro atoms. The van der Waals surface area contributed by atoms with Crippen LogP contribution < -0.4 is 4.72 Å². The second-order valence-electron chi connectivity index (χ2n) is 10.2. The van der Waals surface area contributed by atoms with E-state index >= 15 is 0 Å². The van der Waals surface area contributed by atoms with Gasteiger partial charge in [0.05, 0.1) is 11.5 Å². The van der Waals surface area contributed by atoms with E-state index in [1.807, 2.05) is 33.0 Å². The summed E-state index contributed by atoms with van der Waals surface area (Å²) in [5.74, 6) is 0.245. The fraction of sp³-hybridized carbons (Fsp3) is 0.556. The summed E-state index contributed by atoms with van der Waals surface area (Å²) < 4.78 is 32.9. The van der Waals surface area contributed by atoms with Crippen molar-refractivity contribution in [1.29, 1.82) is 0 Å². The summed E-state index contributed by atoms with van der Waals surface area (Å²) >= 11 is 5.84. The number of sulfonamides is 1. The van der Waals surface area contributed by atoms with E-state index in [4.69, 9.17) is 16.3 Å². The van der Waals surface area contributed by atoms with E-state index in [-0.39, 0.29) is 16.3 Å². The Balaban J connectivity index is 1.78. The lowest BCUT2D eigenvalue weighted by atomic mass is 9.90. The number of esters is 1. The van der Waals surface area contributed by atoms with Crippen LogP contribution in [0.4, 0.5) is 0 Å². The van der Waals surface area contributed by atoms with Crippen molar-refractivity contribution in [1.82, 2.24) is 9.71 Å². The molecule has 0 fully saturated rings. The zero-order valence-electron chi connectivity index (χ0n) is 21.1. The number of carbonyl (C=O) groups excluding carboxylic acids is 1. The summed E-state index contributed by atoms with van der Waals surface area (Å²) in [7, 11) is -3.54. The molecule has 1 aromatic heterocycles. The van der Waals surface area contributed by atoms with E-state index in [1.54, 1.807) is 18.3 Å². The number of carbonyl (C=O) groups is 1. The van der Waals surface area contributed by atoms with E-state index in [9.17, 15) is 13.2 Å². The van der Waals surface area contributed by atoms with E-state index in [0.717, 1.165) is 44.9 Å². The number of benzene rings is 1. The van der Waals surface area contributed by atoms with E-state index in [1.165, 1.54) is 17.7 Å². The Morgan fingerprint density at radius 3 is 2.43 bits per heavy atom. The van der Waals surface area contributed by atoms with Gasteiger partial charge >= 0.3 is 5.97 Å². The quantitative estimate of drug-likeness (QED) is 0.222. The van der Waals surface area contributed by atoms with Gasteiger partial charge in [-0.3, -0.25) is 9.78 Å². The molecule has 1 N–H and O–H groups in total. The number of hydrogen-bond acceptors (Lipinski definition) is 5. The first-order valence-electron chi connectivity index (χ1n) is 12.3. The predicted octanol–water partition coefficient (Wildman–Crippen LogP) is 6.19. The van der Waals surface area contributed by atoms with Crippen LogP contribution in [0.1, 0.15) is 71.3 Å². The van der Waals surface area contributed by atoms with Crippen molar-refractivity contribution in [2.24, 2.45) is 11.3 Å². The number of rotatable bonds is 15. The Kier molecular flexibility index (Phi) is 12.2. The standard InChI is InChI=1S/C27H39ClN2O4S/c1-27(2,3)21-34-26(31)17-12-22(9-6-10-23-11-7-18-29-20-23)8-4-5-19-30-35(32,33)25-15-13-24(28)14-16-25/h7,11,13-16,18,20,22,30H,4-6,8-10,12,17,19,21H2,1-3H3. The van der Waals surface area contributed by atoms with Crippen LogP contribution in [-0.2, 0) is 26.0 Å². The first-order valence-corrected chi connectivity index (χ1v) is 14.2. The molecule has 35 heavy (non-hydrogen) atoms. The van der Waals surface area contributed by atoms with Gasteiger partial charge in [-0.1, -0.05) is 57.7 Å². The number of ether oxygens (including phenoxy) is 1. The first kappa shape index (κ1) is 29.3. The molecule has 0 aliphatic heterocycles. The molecule has 0 amide bonds. The van der Waals surface area contributed by atoms with E-state index in [0.29, 0.717) is 30.5 Å². The lowest BCUT2D eigenvalue weighted by Gasteiger charge is -2.19. The minimum atomic E-state index is -3.54. The van der Waals surface area contributed by atoms with Crippen molar-refractivity contribution in [3.63, 3.8) is 0 Å². The van der Waals surface area contributed by atoms with Crippen molar-refractivity contribution in [2.75, 3.05) is 13.2 Å². The molecule has 1 aromatic carbocycles. The van der Waals surface area contributed by atoms with Gasteiger partial charge in [0.25, 0.3) is 0 Å². The average Bonchev–Trinajstić information content (AvgIpc) is 2.81. The van der Waals surface area contributed by atoms with Gasteiger partial charge in [0.15, 0.2) is 0 Å². The Morgan fingerprint density at radius 1 is 1.06 bits per heavy atom. The van der Waals surface area contributed by atoms with Crippen molar-refractivity contribution >= 4 is 27.6 Å². The van der Waals surface area contributed by atoms with E-state index in [2.05, 4.69) is 15.8 Å². The maximum absolute atomic E-state index is 12.4. The number of aromatic nitrogens is 1. The molecule has 0 radical (unpaired) electrons. The molecule has 1 heterocycles. The summed E-state index contributed by atoms with van der Waals surface area (Å²) in [4.78, 5) is 16.6. The molecule has 0 aliphatic carbocycles. The Bertz CT molecular complexity index is 990. The number of aryl methyl sites for hydroxylation is 1. The van der Waals surface area contributed by atoms with Crippen LogP contribution in [0.5, 0.6) is 0 Å². The van der Waals surface area contributed by atoms with Crippen LogP contribution in [0.15, 0.2) is 53.7 Å². The number of nitrogens with one attached hydrogen (secondary N) is 1. The normalized spacial score (nSPS) is 12.9. The molecule has 6 nitrogen and oxygen atoms in total. The smallest absolute Gasteiger partial charge is 0.305 e. The van der Waals surface area contributed by atoms with Crippen molar-refractivity contribution < 1.29 is 17.9 Å². The van der Waals surface area contributed by atoms with Crippen LogP contribution in [0.25, 0.3) is 0 Å². The Morgan fingerprint density at radius 2 is 1.77 bits per heavy atom.